The number of carbonyl (C=O) groups is 1. The Bertz CT molecular complexity index is 419. The van der Waals surface area contributed by atoms with E-state index in [2.05, 4.69) is 31.5 Å². The van der Waals surface area contributed by atoms with Crippen LogP contribution >= 0.6 is 15.9 Å². The van der Waals surface area contributed by atoms with Crippen LogP contribution in [0.1, 0.15) is 5.69 Å². The second kappa shape index (κ2) is 5.57. The first-order valence-electron chi connectivity index (χ1n) is 5.43. The van der Waals surface area contributed by atoms with E-state index >= 15 is 0 Å². The maximum Gasteiger partial charge on any atom is 0.255 e. The molecule has 0 aromatic carbocycles. The van der Waals surface area contributed by atoms with Crippen LogP contribution in [-0.4, -0.2) is 36.7 Å². The minimum atomic E-state index is -0.436. The van der Waals surface area contributed by atoms with Crippen molar-refractivity contribution < 1.29 is 9.53 Å². The summed E-state index contributed by atoms with van der Waals surface area (Å²) in [6.45, 7) is 3.77. The van der Waals surface area contributed by atoms with Crippen LogP contribution in [0.25, 0.3) is 0 Å². The topological polar surface area (TPSA) is 63.2 Å². The molecule has 1 saturated heterocycles. The highest BCUT2D eigenvalue weighted by molar-refractivity contribution is 9.10. The first-order valence-corrected chi connectivity index (χ1v) is 6.22. The summed E-state index contributed by atoms with van der Waals surface area (Å²) in [4.78, 5) is 16.1. The van der Waals surface area contributed by atoms with Crippen molar-refractivity contribution in [2.45, 2.75) is 13.0 Å². The van der Waals surface area contributed by atoms with Crippen LogP contribution in [0.3, 0.4) is 0 Å². The number of nitrogens with one attached hydrogen (secondary N) is 2. The van der Waals surface area contributed by atoms with Gasteiger partial charge in [-0.1, -0.05) is 0 Å². The number of morpholine rings is 1. The lowest BCUT2D eigenvalue weighted by Gasteiger charge is -2.22. The molecular formula is C11H14BrN3O2. The minimum Gasteiger partial charge on any atom is -0.366 e. The highest BCUT2D eigenvalue weighted by atomic mass is 79.9. The second-order valence-electron chi connectivity index (χ2n) is 3.82. The van der Waals surface area contributed by atoms with Crippen molar-refractivity contribution in [1.29, 1.82) is 0 Å². The third kappa shape index (κ3) is 3.24. The number of nitrogens with zero attached hydrogens (tertiary/aromatic N) is 1. The second-order valence-corrected chi connectivity index (χ2v) is 4.67. The van der Waals surface area contributed by atoms with E-state index in [-0.39, 0.29) is 5.91 Å². The van der Waals surface area contributed by atoms with Crippen molar-refractivity contribution in [3.63, 3.8) is 0 Å². The first-order chi connectivity index (χ1) is 8.16. The van der Waals surface area contributed by atoms with Crippen molar-refractivity contribution in [2.75, 3.05) is 25.0 Å². The van der Waals surface area contributed by atoms with Gasteiger partial charge in [0.15, 0.2) is 0 Å². The van der Waals surface area contributed by atoms with Gasteiger partial charge in [-0.05, 0) is 35.0 Å². The van der Waals surface area contributed by atoms with Gasteiger partial charge in [-0.3, -0.25) is 4.79 Å². The number of carbonyl (C=O) groups excluding carboxylic acids is 1. The third-order valence-electron chi connectivity index (χ3n) is 2.49. The molecule has 1 aromatic heterocycles. The molecule has 0 saturated carbocycles. The van der Waals surface area contributed by atoms with Gasteiger partial charge in [0.25, 0.3) is 5.91 Å². The lowest BCUT2D eigenvalue weighted by atomic mass is 10.3. The van der Waals surface area contributed by atoms with Gasteiger partial charge in [0.05, 0.1) is 12.3 Å². The molecule has 2 rings (SSSR count). The predicted molar refractivity (Wildman–Crippen MR) is 67.9 cm³/mol. The molecule has 2 heterocycles. The van der Waals surface area contributed by atoms with E-state index in [1.807, 2.05) is 13.0 Å². The zero-order valence-electron chi connectivity index (χ0n) is 9.50. The smallest absolute Gasteiger partial charge is 0.255 e. The minimum absolute atomic E-state index is 0.161. The van der Waals surface area contributed by atoms with Crippen molar-refractivity contribution in [1.82, 2.24) is 10.3 Å². The molecular weight excluding hydrogens is 286 g/mol. The Labute approximate surface area is 108 Å². The zero-order valence-corrected chi connectivity index (χ0v) is 11.1. The molecule has 2 N–H and O–H groups in total. The Kier molecular flexibility index (Phi) is 4.09. The number of amides is 1. The van der Waals surface area contributed by atoms with E-state index in [4.69, 9.17) is 4.74 Å². The number of hydrogen-bond donors (Lipinski definition) is 2. The van der Waals surface area contributed by atoms with Gasteiger partial charge < -0.3 is 15.4 Å². The van der Waals surface area contributed by atoms with E-state index in [0.29, 0.717) is 19.0 Å². The number of halogens is 1. The molecule has 1 aliphatic heterocycles. The zero-order chi connectivity index (χ0) is 12.3. The van der Waals surface area contributed by atoms with Crippen LogP contribution in [0.4, 0.5) is 5.82 Å². The normalized spacial score (nSPS) is 20.0. The van der Waals surface area contributed by atoms with E-state index in [0.717, 1.165) is 16.7 Å². The molecule has 0 radical (unpaired) electrons. The number of anilines is 1. The lowest BCUT2D eigenvalue weighted by molar-refractivity contribution is -0.128. The van der Waals surface area contributed by atoms with Gasteiger partial charge in [-0.25, -0.2) is 4.98 Å². The van der Waals surface area contributed by atoms with Crippen molar-refractivity contribution in [3.05, 3.63) is 22.3 Å². The summed E-state index contributed by atoms with van der Waals surface area (Å²) in [5, 5.41) is 5.85. The molecule has 6 heteroatoms. The molecule has 1 atom stereocenters. The number of rotatable bonds is 2. The fourth-order valence-corrected chi connectivity index (χ4v) is 1.78. The largest absolute Gasteiger partial charge is 0.366 e. The highest BCUT2D eigenvalue weighted by Crippen LogP contribution is 2.16. The van der Waals surface area contributed by atoms with Crippen LogP contribution in [0.15, 0.2) is 16.6 Å². The number of aryl methyl sites for hydroxylation is 1. The Morgan fingerprint density at radius 2 is 2.47 bits per heavy atom. The van der Waals surface area contributed by atoms with E-state index in [1.165, 1.54) is 0 Å². The van der Waals surface area contributed by atoms with Crippen LogP contribution in [0.5, 0.6) is 0 Å². The van der Waals surface area contributed by atoms with E-state index in [1.54, 1.807) is 6.07 Å². The fraction of sp³-hybridized carbons (Fsp3) is 0.455. The Balaban J connectivity index is 1.99. The van der Waals surface area contributed by atoms with Crippen LogP contribution in [0.2, 0.25) is 0 Å². The van der Waals surface area contributed by atoms with Gasteiger partial charge in [-0.15, -0.1) is 0 Å². The summed E-state index contributed by atoms with van der Waals surface area (Å²) in [6, 6.07) is 3.61. The monoisotopic (exact) mass is 299 g/mol. The van der Waals surface area contributed by atoms with E-state index in [9.17, 15) is 4.79 Å². The maximum absolute atomic E-state index is 11.8. The highest BCUT2D eigenvalue weighted by Gasteiger charge is 2.21. The molecule has 0 aliphatic carbocycles. The van der Waals surface area contributed by atoms with Crippen molar-refractivity contribution >= 4 is 27.7 Å². The quantitative estimate of drug-likeness (QED) is 0.858. The molecule has 0 spiro atoms. The maximum atomic E-state index is 11.8. The molecule has 1 aliphatic rings. The lowest BCUT2D eigenvalue weighted by Crippen LogP contribution is -2.45. The van der Waals surface area contributed by atoms with E-state index < -0.39 is 6.10 Å². The summed E-state index contributed by atoms with van der Waals surface area (Å²) >= 11 is 3.36. The number of aromatic nitrogens is 1. The number of hydrogen-bond acceptors (Lipinski definition) is 4. The predicted octanol–water partition coefficient (Wildman–Crippen LogP) is 1.08. The third-order valence-corrected chi connectivity index (χ3v) is 3.33. The summed E-state index contributed by atoms with van der Waals surface area (Å²) in [6.07, 6.45) is -0.436. The SMILES string of the molecule is Cc1nc(NC(=O)C2CNCCO2)ccc1Br. The molecule has 1 fully saturated rings. The van der Waals surface area contributed by atoms with Gasteiger partial charge in [0, 0.05) is 17.6 Å². The van der Waals surface area contributed by atoms with Gasteiger partial charge in [-0.2, -0.15) is 0 Å². The van der Waals surface area contributed by atoms with Crippen LogP contribution in [0, 0.1) is 6.92 Å². The van der Waals surface area contributed by atoms with Crippen LogP contribution < -0.4 is 10.6 Å². The standard InChI is InChI=1S/C11H14BrN3O2/c1-7-8(12)2-3-10(14-7)15-11(16)9-6-13-4-5-17-9/h2-3,9,13H,4-6H2,1H3,(H,14,15,16). The first kappa shape index (κ1) is 12.5. The number of pyridine rings is 1. The Hall–Kier alpha value is -0.980. The average molecular weight is 300 g/mol. The van der Waals surface area contributed by atoms with Gasteiger partial charge in [0.1, 0.15) is 11.9 Å². The molecule has 1 aromatic rings. The molecule has 1 unspecified atom stereocenters. The molecule has 1 amide bonds. The van der Waals surface area contributed by atoms with Crippen LogP contribution in [-0.2, 0) is 9.53 Å². The van der Waals surface area contributed by atoms with Crippen molar-refractivity contribution in [2.24, 2.45) is 0 Å². The van der Waals surface area contributed by atoms with Gasteiger partial charge >= 0.3 is 0 Å². The molecule has 0 bridgehead atoms. The number of ether oxygens (including phenoxy) is 1. The fourth-order valence-electron chi connectivity index (χ4n) is 1.55. The average Bonchev–Trinajstić information content (AvgIpc) is 2.35. The molecule has 17 heavy (non-hydrogen) atoms. The Morgan fingerprint density at radius 3 is 3.12 bits per heavy atom. The summed E-state index contributed by atoms with van der Waals surface area (Å²) in [5.74, 6) is 0.385. The Morgan fingerprint density at radius 1 is 1.65 bits per heavy atom. The van der Waals surface area contributed by atoms with Crippen molar-refractivity contribution in [3.8, 4) is 0 Å². The summed E-state index contributed by atoms with van der Waals surface area (Å²) in [7, 11) is 0. The van der Waals surface area contributed by atoms with Gasteiger partial charge in [0.2, 0.25) is 0 Å². The summed E-state index contributed by atoms with van der Waals surface area (Å²) < 4.78 is 6.28. The molecule has 92 valence electrons. The summed E-state index contributed by atoms with van der Waals surface area (Å²) in [5.41, 5.74) is 0.838. The molecule has 5 nitrogen and oxygen atoms in total.